The highest BCUT2D eigenvalue weighted by Crippen LogP contribution is 2.25. The predicted octanol–water partition coefficient (Wildman–Crippen LogP) is 1.84. The third-order valence-electron chi connectivity index (χ3n) is 3.60. The van der Waals surface area contributed by atoms with Gasteiger partial charge in [0.2, 0.25) is 5.91 Å². The van der Waals surface area contributed by atoms with Crippen LogP contribution in [0.1, 0.15) is 19.4 Å². The second-order valence-corrected chi connectivity index (χ2v) is 5.95. The van der Waals surface area contributed by atoms with E-state index in [2.05, 4.69) is 5.32 Å². The first kappa shape index (κ1) is 15.4. The lowest BCUT2D eigenvalue weighted by Crippen LogP contribution is -2.45. The highest BCUT2D eigenvalue weighted by atomic mass is 16.4. The molecular weight excluding hydrogens is 268 g/mol. The summed E-state index contributed by atoms with van der Waals surface area (Å²) in [6.45, 7) is 4.77. The number of hydrogen-bond donors (Lipinski definition) is 2. The van der Waals surface area contributed by atoms with E-state index >= 15 is 0 Å². The first-order valence-corrected chi connectivity index (χ1v) is 7.29. The second kappa shape index (κ2) is 6.61. The summed E-state index contributed by atoms with van der Waals surface area (Å²) in [6.07, 6.45) is 0.663. The number of para-hydroxylation sites is 1. The lowest BCUT2D eigenvalue weighted by molar-refractivity contribution is -0.146. The van der Waals surface area contributed by atoms with Crippen LogP contribution in [0.25, 0.3) is 0 Å². The predicted molar refractivity (Wildman–Crippen MR) is 81.2 cm³/mol. The van der Waals surface area contributed by atoms with Crippen LogP contribution < -0.4 is 5.32 Å². The Balaban J connectivity index is 2.09. The van der Waals surface area contributed by atoms with E-state index in [0.717, 1.165) is 11.3 Å². The maximum Gasteiger partial charge on any atom is 0.323 e. The Bertz CT molecular complexity index is 528. The van der Waals surface area contributed by atoms with Crippen LogP contribution in [-0.4, -0.2) is 41.5 Å². The monoisotopic (exact) mass is 290 g/mol. The van der Waals surface area contributed by atoms with Gasteiger partial charge in [0, 0.05) is 18.8 Å². The largest absolute Gasteiger partial charge is 0.480 e. The van der Waals surface area contributed by atoms with Gasteiger partial charge in [-0.1, -0.05) is 32.0 Å². The van der Waals surface area contributed by atoms with Crippen molar-refractivity contribution in [2.75, 3.05) is 25.0 Å². The van der Waals surface area contributed by atoms with E-state index in [1.165, 1.54) is 4.90 Å². The lowest BCUT2D eigenvalue weighted by Gasteiger charge is -2.31. The van der Waals surface area contributed by atoms with Gasteiger partial charge in [0.15, 0.2) is 0 Å². The second-order valence-electron chi connectivity index (χ2n) is 5.95. The number of carboxylic acids is 1. The lowest BCUT2D eigenvalue weighted by atomic mass is 9.92. The Morgan fingerprint density at radius 1 is 1.38 bits per heavy atom. The molecule has 1 aliphatic rings. The minimum absolute atomic E-state index is 0.0758. The fourth-order valence-electron chi connectivity index (χ4n) is 2.71. The Kier molecular flexibility index (Phi) is 4.83. The molecule has 0 spiro atoms. The summed E-state index contributed by atoms with van der Waals surface area (Å²) < 4.78 is 0. The van der Waals surface area contributed by atoms with Crippen LogP contribution in [0.15, 0.2) is 24.3 Å². The first-order valence-electron chi connectivity index (χ1n) is 7.29. The van der Waals surface area contributed by atoms with Gasteiger partial charge in [-0.2, -0.15) is 0 Å². The number of amides is 1. The molecule has 2 N–H and O–H groups in total. The average Bonchev–Trinajstić information content (AvgIpc) is 2.44. The van der Waals surface area contributed by atoms with E-state index in [0.29, 0.717) is 19.5 Å². The summed E-state index contributed by atoms with van der Waals surface area (Å²) in [5, 5.41) is 12.3. The molecule has 1 aliphatic heterocycles. The van der Waals surface area contributed by atoms with Crippen molar-refractivity contribution in [3.05, 3.63) is 29.8 Å². The molecule has 0 saturated carbocycles. The van der Waals surface area contributed by atoms with Gasteiger partial charge in [-0.25, -0.2) is 0 Å². The van der Waals surface area contributed by atoms with Crippen molar-refractivity contribution in [3.63, 3.8) is 0 Å². The van der Waals surface area contributed by atoms with Crippen molar-refractivity contribution >= 4 is 17.6 Å². The molecule has 0 bridgehead atoms. The van der Waals surface area contributed by atoms with Crippen molar-refractivity contribution in [2.45, 2.75) is 20.3 Å². The quantitative estimate of drug-likeness (QED) is 0.868. The van der Waals surface area contributed by atoms with E-state index in [9.17, 15) is 9.59 Å². The minimum Gasteiger partial charge on any atom is -0.480 e. The summed E-state index contributed by atoms with van der Waals surface area (Å²) in [5.74, 6) is -0.989. The molecule has 1 unspecified atom stereocenters. The fraction of sp³-hybridized carbons (Fsp3) is 0.500. The van der Waals surface area contributed by atoms with Gasteiger partial charge in [-0.05, 0) is 24.0 Å². The van der Waals surface area contributed by atoms with Crippen molar-refractivity contribution < 1.29 is 14.7 Å². The zero-order chi connectivity index (χ0) is 15.4. The molecule has 1 amide bonds. The van der Waals surface area contributed by atoms with E-state index in [-0.39, 0.29) is 24.3 Å². The number of carbonyl (C=O) groups excluding carboxylic acids is 1. The molecule has 0 radical (unpaired) electrons. The molecule has 114 valence electrons. The van der Waals surface area contributed by atoms with Gasteiger partial charge in [0.25, 0.3) is 0 Å². The molecule has 0 aliphatic carbocycles. The third-order valence-corrected chi connectivity index (χ3v) is 3.60. The number of anilines is 1. The number of hydrogen-bond acceptors (Lipinski definition) is 3. The van der Waals surface area contributed by atoms with Crippen LogP contribution in [0, 0.1) is 11.8 Å². The van der Waals surface area contributed by atoms with Crippen LogP contribution in [-0.2, 0) is 16.0 Å². The Hall–Kier alpha value is -2.04. The summed E-state index contributed by atoms with van der Waals surface area (Å²) in [7, 11) is 0. The minimum atomic E-state index is -0.965. The van der Waals surface area contributed by atoms with Crippen molar-refractivity contribution in [3.8, 4) is 0 Å². The SMILES string of the molecule is CC(C)CN(CC(=O)O)C(=O)C1CNc2ccccc2C1. The molecule has 0 saturated heterocycles. The Morgan fingerprint density at radius 2 is 2.10 bits per heavy atom. The Labute approximate surface area is 125 Å². The molecule has 5 nitrogen and oxygen atoms in total. The summed E-state index contributed by atoms with van der Waals surface area (Å²) in [6, 6.07) is 7.92. The summed E-state index contributed by atoms with van der Waals surface area (Å²) >= 11 is 0. The first-order chi connectivity index (χ1) is 9.97. The molecular formula is C16H22N2O3. The molecule has 1 atom stereocenters. The zero-order valence-electron chi connectivity index (χ0n) is 12.5. The zero-order valence-corrected chi connectivity index (χ0v) is 12.5. The highest BCUT2D eigenvalue weighted by molar-refractivity contribution is 5.84. The van der Waals surface area contributed by atoms with Gasteiger partial charge in [0.1, 0.15) is 6.54 Å². The number of aliphatic carboxylic acids is 1. The number of rotatable bonds is 5. The van der Waals surface area contributed by atoms with Crippen molar-refractivity contribution in [2.24, 2.45) is 11.8 Å². The van der Waals surface area contributed by atoms with Gasteiger partial charge in [0.05, 0.1) is 5.92 Å². The highest BCUT2D eigenvalue weighted by Gasteiger charge is 2.29. The van der Waals surface area contributed by atoms with Crippen molar-refractivity contribution in [1.29, 1.82) is 0 Å². The average molecular weight is 290 g/mol. The van der Waals surface area contributed by atoms with Gasteiger partial charge in [-0.15, -0.1) is 0 Å². The maximum atomic E-state index is 12.6. The molecule has 1 aromatic carbocycles. The van der Waals surface area contributed by atoms with E-state index in [1.54, 1.807) is 0 Å². The van der Waals surface area contributed by atoms with Crippen LogP contribution in [0.4, 0.5) is 5.69 Å². The molecule has 1 aromatic rings. The van der Waals surface area contributed by atoms with Crippen LogP contribution >= 0.6 is 0 Å². The van der Waals surface area contributed by atoms with Gasteiger partial charge < -0.3 is 15.3 Å². The topological polar surface area (TPSA) is 69.6 Å². The fourth-order valence-corrected chi connectivity index (χ4v) is 2.71. The van der Waals surface area contributed by atoms with E-state index in [1.807, 2.05) is 38.1 Å². The van der Waals surface area contributed by atoms with E-state index in [4.69, 9.17) is 5.11 Å². The van der Waals surface area contributed by atoms with E-state index < -0.39 is 5.97 Å². The Morgan fingerprint density at radius 3 is 2.76 bits per heavy atom. The normalized spacial score (nSPS) is 17.0. The number of nitrogens with one attached hydrogen (secondary N) is 1. The maximum absolute atomic E-state index is 12.6. The number of nitrogens with zero attached hydrogens (tertiary/aromatic N) is 1. The summed E-state index contributed by atoms with van der Waals surface area (Å²) in [5.41, 5.74) is 2.18. The van der Waals surface area contributed by atoms with Gasteiger partial charge >= 0.3 is 5.97 Å². The van der Waals surface area contributed by atoms with Crippen LogP contribution in [0.5, 0.6) is 0 Å². The standard InChI is InChI=1S/C16H22N2O3/c1-11(2)9-18(10-15(19)20)16(21)13-7-12-5-3-4-6-14(12)17-8-13/h3-6,11,13,17H,7-10H2,1-2H3,(H,19,20). The molecule has 21 heavy (non-hydrogen) atoms. The van der Waals surface area contributed by atoms with Gasteiger partial charge in [-0.3, -0.25) is 9.59 Å². The summed E-state index contributed by atoms with van der Waals surface area (Å²) in [4.78, 5) is 25.0. The van der Waals surface area contributed by atoms with Crippen molar-refractivity contribution in [1.82, 2.24) is 4.90 Å². The smallest absolute Gasteiger partial charge is 0.323 e. The molecule has 0 fully saturated rings. The third kappa shape index (κ3) is 3.97. The van der Waals surface area contributed by atoms with Crippen LogP contribution in [0.2, 0.25) is 0 Å². The van der Waals surface area contributed by atoms with Crippen LogP contribution in [0.3, 0.4) is 0 Å². The molecule has 5 heteroatoms. The number of fused-ring (bicyclic) bond motifs is 1. The molecule has 0 aromatic heterocycles. The molecule has 2 rings (SSSR count). The number of carboxylic acid groups (broad SMARTS) is 1. The molecule has 1 heterocycles. The number of carbonyl (C=O) groups is 2. The number of benzene rings is 1.